The lowest BCUT2D eigenvalue weighted by atomic mass is 10.0. The van der Waals surface area contributed by atoms with Crippen LogP contribution in [0.1, 0.15) is 23.7 Å². The van der Waals surface area contributed by atoms with Crippen molar-refractivity contribution >= 4 is 11.6 Å². The fourth-order valence-electron chi connectivity index (χ4n) is 2.08. The van der Waals surface area contributed by atoms with E-state index in [0.29, 0.717) is 18.8 Å². The fourth-order valence-corrected chi connectivity index (χ4v) is 2.08. The molecule has 3 N–H and O–H groups in total. The Bertz CT molecular complexity index is 451. The molecule has 98 valence electrons. The average Bonchev–Trinajstić information content (AvgIpc) is 2.75. The molecule has 2 rings (SSSR count). The minimum atomic E-state index is -0.558. The van der Waals surface area contributed by atoms with Crippen LogP contribution in [0.15, 0.2) is 18.2 Å². The molecule has 0 bridgehead atoms. The van der Waals surface area contributed by atoms with Gasteiger partial charge in [0.05, 0.1) is 11.7 Å². The molecule has 1 aromatic rings. The first-order valence-corrected chi connectivity index (χ1v) is 6.02. The molecule has 0 spiro atoms. The van der Waals surface area contributed by atoms with Crippen molar-refractivity contribution in [2.45, 2.75) is 19.4 Å². The Hall–Kier alpha value is -1.62. The molecule has 1 saturated heterocycles. The highest BCUT2D eigenvalue weighted by Gasteiger charge is 2.24. The van der Waals surface area contributed by atoms with Crippen molar-refractivity contribution < 1.29 is 13.9 Å². The Kier molecular flexibility index (Phi) is 3.81. The molecule has 2 atom stereocenters. The van der Waals surface area contributed by atoms with Gasteiger partial charge in [-0.15, -0.1) is 0 Å². The Morgan fingerprint density at radius 3 is 3.06 bits per heavy atom. The van der Waals surface area contributed by atoms with Crippen LogP contribution in [0, 0.1) is 11.7 Å². The van der Waals surface area contributed by atoms with Gasteiger partial charge in [0.25, 0.3) is 5.91 Å². The molecule has 1 fully saturated rings. The number of carbonyl (C=O) groups excluding carboxylic acids is 1. The van der Waals surface area contributed by atoms with Gasteiger partial charge in [0, 0.05) is 24.8 Å². The summed E-state index contributed by atoms with van der Waals surface area (Å²) in [6, 6.07) is 3.98. The second kappa shape index (κ2) is 5.35. The molecule has 0 aromatic heterocycles. The summed E-state index contributed by atoms with van der Waals surface area (Å²) in [5, 5.41) is 2.72. The molecule has 0 radical (unpaired) electrons. The number of rotatable bonds is 3. The van der Waals surface area contributed by atoms with Crippen LogP contribution in [0.5, 0.6) is 0 Å². The van der Waals surface area contributed by atoms with E-state index in [-0.39, 0.29) is 17.6 Å². The van der Waals surface area contributed by atoms with Gasteiger partial charge in [-0.2, -0.15) is 0 Å². The van der Waals surface area contributed by atoms with E-state index in [1.54, 1.807) is 0 Å². The zero-order chi connectivity index (χ0) is 13.1. The third-order valence-electron chi connectivity index (χ3n) is 3.29. The first-order chi connectivity index (χ1) is 8.58. The molecule has 1 aliphatic heterocycles. The van der Waals surface area contributed by atoms with E-state index in [1.165, 1.54) is 18.2 Å². The highest BCUT2D eigenvalue weighted by molar-refractivity contribution is 5.95. The Morgan fingerprint density at radius 2 is 2.39 bits per heavy atom. The Balaban J connectivity index is 1.97. The maximum atomic E-state index is 13.5. The monoisotopic (exact) mass is 252 g/mol. The predicted molar refractivity (Wildman–Crippen MR) is 66.7 cm³/mol. The number of benzene rings is 1. The molecule has 1 aliphatic rings. The minimum absolute atomic E-state index is 0.0124. The third kappa shape index (κ3) is 2.79. The number of nitrogen functional groups attached to an aromatic ring is 1. The Labute approximate surface area is 105 Å². The normalized spacial score (nSPS) is 23.0. The highest BCUT2D eigenvalue weighted by Crippen LogP contribution is 2.19. The van der Waals surface area contributed by atoms with E-state index in [1.807, 2.05) is 6.92 Å². The van der Waals surface area contributed by atoms with Gasteiger partial charge >= 0.3 is 0 Å². The number of anilines is 1. The van der Waals surface area contributed by atoms with Crippen LogP contribution in [-0.2, 0) is 4.74 Å². The fraction of sp³-hybridized carbons (Fsp3) is 0.462. The number of carbonyl (C=O) groups is 1. The molecule has 1 amide bonds. The Morgan fingerprint density at radius 1 is 1.61 bits per heavy atom. The lowest BCUT2D eigenvalue weighted by Gasteiger charge is -2.15. The minimum Gasteiger partial charge on any atom is -0.399 e. The van der Waals surface area contributed by atoms with E-state index in [0.717, 1.165) is 6.42 Å². The van der Waals surface area contributed by atoms with E-state index >= 15 is 0 Å². The van der Waals surface area contributed by atoms with Gasteiger partial charge in [-0.25, -0.2) is 4.39 Å². The molecule has 1 aromatic carbocycles. The topological polar surface area (TPSA) is 64.3 Å². The van der Waals surface area contributed by atoms with Crippen molar-refractivity contribution in [2.24, 2.45) is 5.92 Å². The maximum Gasteiger partial charge on any atom is 0.254 e. The number of nitrogens with one attached hydrogen (secondary N) is 1. The highest BCUT2D eigenvalue weighted by atomic mass is 19.1. The summed E-state index contributed by atoms with van der Waals surface area (Å²) in [4.78, 5) is 11.8. The number of hydrogen-bond donors (Lipinski definition) is 2. The smallest absolute Gasteiger partial charge is 0.254 e. The van der Waals surface area contributed by atoms with Crippen molar-refractivity contribution in [3.05, 3.63) is 29.6 Å². The van der Waals surface area contributed by atoms with E-state index in [2.05, 4.69) is 5.32 Å². The van der Waals surface area contributed by atoms with Gasteiger partial charge in [0.15, 0.2) is 0 Å². The second-order valence-electron chi connectivity index (χ2n) is 4.57. The summed E-state index contributed by atoms with van der Waals surface area (Å²) < 4.78 is 18.9. The molecule has 0 aliphatic carbocycles. The molecule has 2 unspecified atom stereocenters. The van der Waals surface area contributed by atoms with Gasteiger partial charge in [-0.3, -0.25) is 4.79 Å². The number of halogens is 1. The second-order valence-corrected chi connectivity index (χ2v) is 4.57. The summed E-state index contributed by atoms with van der Waals surface area (Å²) in [6.45, 7) is 3.19. The van der Waals surface area contributed by atoms with Crippen molar-refractivity contribution in [3.8, 4) is 0 Å². The number of hydrogen-bond acceptors (Lipinski definition) is 3. The van der Waals surface area contributed by atoms with Crippen LogP contribution in [-0.4, -0.2) is 25.2 Å². The molecular weight excluding hydrogens is 235 g/mol. The van der Waals surface area contributed by atoms with Crippen LogP contribution in [0.25, 0.3) is 0 Å². The van der Waals surface area contributed by atoms with Crippen LogP contribution < -0.4 is 11.1 Å². The van der Waals surface area contributed by atoms with Gasteiger partial charge in [-0.1, -0.05) is 0 Å². The molecule has 4 nitrogen and oxygen atoms in total. The zero-order valence-corrected chi connectivity index (χ0v) is 10.3. The standard InChI is InChI=1S/C13H17FN2O2/c1-8-9(4-5-18-8)7-16-13(17)11-6-10(15)2-3-12(11)14/h2-3,6,8-9H,4-5,7,15H2,1H3,(H,16,17). The van der Waals surface area contributed by atoms with Gasteiger partial charge in [0.1, 0.15) is 5.82 Å². The number of nitrogens with two attached hydrogens (primary N) is 1. The molecule has 1 heterocycles. The summed E-state index contributed by atoms with van der Waals surface area (Å²) in [6.07, 6.45) is 1.05. The molecule has 18 heavy (non-hydrogen) atoms. The van der Waals surface area contributed by atoms with Crippen molar-refractivity contribution in [2.75, 3.05) is 18.9 Å². The number of amides is 1. The quantitative estimate of drug-likeness (QED) is 0.802. The zero-order valence-electron chi connectivity index (χ0n) is 10.3. The molecular formula is C13H17FN2O2. The SMILES string of the molecule is CC1OCCC1CNC(=O)c1cc(N)ccc1F. The largest absolute Gasteiger partial charge is 0.399 e. The van der Waals surface area contributed by atoms with E-state index < -0.39 is 11.7 Å². The van der Waals surface area contributed by atoms with E-state index in [4.69, 9.17) is 10.5 Å². The van der Waals surface area contributed by atoms with Crippen LogP contribution >= 0.6 is 0 Å². The lowest BCUT2D eigenvalue weighted by Crippen LogP contribution is -2.32. The first kappa shape index (κ1) is 12.8. The summed E-state index contributed by atoms with van der Waals surface area (Å²) in [7, 11) is 0. The average molecular weight is 252 g/mol. The predicted octanol–water partition coefficient (Wildman–Crippen LogP) is 1.56. The van der Waals surface area contributed by atoms with Crippen LogP contribution in [0.3, 0.4) is 0 Å². The van der Waals surface area contributed by atoms with Crippen molar-refractivity contribution in [1.29, 1.82) is 0 Å². The van der Waals surface area contributed by atoms with Crippen molar-refractivity contribution in [1.82, 2.24) is 5.32 Å². The van der Waals surface area contributed by atoms with Gasteiger partial charge in [0.2, 0.25) is 0 Å². The first-order valence-electron chi connectivity index (χ1n) is 6.02. The lowest BCUT2D eigenvalue weighted by molar-refractivity contribution is 0.0904. The van der Waals surface area contributed by atoms with Crippen molar-refractivity contribution in [3.63, 3.8) is 0 Å². The summed E-state index contributed by atoms with van der Waals surface area (Å²) >= 11 is 0. The molecule has 0 saturated carbocycles. The summed E-state index contributed by atoms with van der Waals surface area (Å²) in [5.41, 5.74) is 5.90. The van der Waals surface area contributed by atoms with Gasteiger partial charge < -0.3 is 15.8 Å². The molecule has 5 heteroatoms. The van der Waals surface area contributed by atoms with Gasteiger partial charge in [-0.05, 0) is 31.5 Å². The summed E-state index contributed by atoms with van der Waals surface area (Å²) in [5.74, 6) is -0.700. The van der Waals surface area contributed by atoms with Crippen LogP contribution in [0.4, 0.5) is 10.1 Å². The number of ether oxygens (including phenoxy) is 1. The van der Waals surface area contributed by atoms with Crippen LogP contribution in [0.2, 0.25) is 0 Å². The third-order valence-corrected chi connectivity index (χ3v) is 3.29. The van der Waals surface area contributed by atoms with E-state index in [9.17, 15) is 9.18 Å². The maximum absolute atomic E-state index is 13.5.